The van der Waals surface area contributed by atoms with E-state index in [0.717, 1.165) is 48.7 Å². The monoisotopic (exact) mass is 811 g/mol. The van der Waals surface area contributed by atoms with Gasteiger partial charge in [-0.3, -0.25) is 14.4 Å². The summed E-state index contributed by atoms with van der Waals surface area (Å²) < 4.78 is 66.9. The lowest BCUT2D eigenvalue weighted by Crippen LogP contribution is -2.48. The Hall–Kier alpha value is -5.58. The second-order valence-electron chi connectivity index (χ2n) is 15.3. The molecule has 1 saturated heterocycles. The molecule has 1 atom stereocenters. The highest BCUT2D eigenvalue weighted by atomic mass is 19.4. The van der Waals surface area contributed by atoms with Crippen LogP contribution < -0.4 is 21.3 Å². The molecule has 1 aromatic heterocycles. The zero-order chi connectivity index (χ0) is 41.8. The Morgan fingerprint density at radius 1 is 0.914 bits per heavy atom. The fraction of sp³-hybridized carbons (Fsp3) is 0.439. The van der Waals surface area contributed by atoms with E-state index in [1.54, 1.807) is 6.07 Å². The Morgan fingerprint density at radius 2 is 1.60 bits per heavy atom. The molecule has 4 amide bonds. The number of halogens is 5. The van der Waals surface area contributed by atoms with Gasteiger partial charge < -0.3 is 36.3 Å². The molecule has 1 aliphatic heterocycles. The van der Waals surface area contributed by atoms with Crippen LogP contribution in [0.25, 0.3) is 22.2 Å². The van der Waals surface area contributed by atoms with Crippen LogP contribution in [0, 0.1) is 18.8 Å². The van der Waals surface area contributed by atoms with Gasteiger partial charge in [0.25, 0.3) is 5.91 Å². The number of piperidine rings is 1. The molecule has 17 heteroatoms. The van der Waals surface area contributed by atoms with Crippen LogP contribution in [-0.2, 0) is 21.9 Å². The van der Waals surface area contributed by atoms with Gasteiger partial charge in [0.1, 0.15) is 6.04 Å². The Kier molecular flexibility index (Phi) is 12.7. The van der Waals surface area contributed by atoms with Gasteiger partial charge in [-0.1, -0.05) is 30.3 Å². The molecule has 6 rings (SSSR count). The first-order valence-corrected chi connectivity index (χ1v) is 19.2. The lowest BCUT2D eigenvalue weighted by Gasteiger charge is -2.29. The first kappa shape index (κ1) is 42.0. The van der Waals surface area contributed by atoms with E-state index in [1.807, 2.05) is 48.3 Å². The number of carbonyl (C=O) groups is 4. The number of rotatable bonds is 12. The Balaban J connectivity index is 1.16. The van der Waals surface area contributed by atoms with Crippen molar-refractivity contribution in [2.24, 2.45) is 11.8 Å². The fourth-order valence-electron chi connectivity index (χ4n) is 7.56. The standard InChI is InChI=1S/C41H46F5N7O5/c1-23-19-28(36(55)48-29-15-17-53(2)18-16-29)11-13-31(23)26-7-3-24(4-8-26)20-34(50-35(54)27-9-5-25(6-10-27)22-47-39(57)58)37(56)49-30-12-14-32-33(21-30)52-38(51-32)40(42,43)41(44,45)46/h3-4,7-8,11-14,19,21,25,27,29,34,47H,5-6,9-10,15-18,20,22H2,1-2H3,(H,48,55)(H,49,56)(H,50,54)(H,51,52)(H,57,58)/t25-,27-,34-/m0/s1. The number of hydrogen-bond donors (Lipinski definition) is 6. The number of aromatic amines is 1. The van der Waals surface area contributed by atoms with Crippen molar-refractivity contribution < 1.29 is 46.2 Å². The first-order valence-electron chi connectivity index (χ1n) is 19.2. The molecule has 4 aromatic rings. The minimum absolute atomic E-state index is 0.0530. The fourth-order valence-corrected chi connectivity index (χ4v) is 7.56. The van der Waals surface area contributed by atoms with Crippen LogP contribution in [0.1, 0.15) is 65.8 Å². The summed E-state index contributed by atoms with van der Waals surface area (Å²) in [5.74, 6) is -8.29. The third kappa shape index (κ3) is 10.1. The van der Waals surface area contributed by atoms with Crippen LogP contribution in [0.3, 0.4) is 0 Å². The number of fused-ring (bicyclic) bond motifs is 1. The highest BCUT2D eigenvalue weighted by molar-refractivity contribution is 5.99. The predicted molar refractivity (Wildman–Crippen MR) is 206 cm³/mol. The zero-order valence-corrected chi connectivity index (χ0v) is 32.0. The van der Waals surface area contributed by atoms with Crippen LogP contribution in [0.15, 0.2) is 60.7 Å². The topological polar surface area (TPSA) is 169 Å². The molecule has 0 spiro atoms. The number of nitrogens with one attached hydrogen (secondary N) is 5. The number of aromatic nitrogens is 2. The number of carboxylic acid groups (broad SMARTS) is 1. The quantitative estimate of drug-likeness (QED) is 0.0860. The van der Waals surface area contributed by atoms with Crippen molar-refractivity contribution in [1.82, 2.24) is 30.8 Å². The number of anilines is 1. The molecule has 6 N–H and O–H groups in total. The van der Waals surface area contributed by atoms with E-state index in [1.165, 1.54) is 12.1 Å². The van der Waals surface area contributed by atoms with Crippen molar-refractivity contribution in [3.8, 4) is 11.1 Å². The van der Waals surface area contributed by atoms with Crippen molar-refractivity contribution in [2.45, 2.75) is 76.1 Å². The molecule has 58 heavy (non-hydrogen) atoms. The molecule has 0 bridgehead atoms. The van der Waals surface area contributed by atoms with E-state index in [4.69, 9.17) is 5.11 Å². The summed E-state index contributed by atoms with van der Waals surface area (Å²) in [6, 6.07) is 15.6. The van der Waals surface area contributed by atoms with Gasteiger partial charge in [0, 0.05) is 36.2 Å². The summed E-state index contributed by atoms with van der Waals surface area (Å²) in [7, 11) is 2.06. The highest BCUT2D eigenvalue weighted by Crippen LogP contribution is 2.43. The SMILES string of the molecule is Cc1cc(C(=O)NC2CCN(C)CC2)ccc1-c1ccc(C[C@H](NC(=O)[C@H]2CC[C@H](CNC(=O)O)CC2)C(=O)Nc2ccc3[nH]c(C(F)(F)C(F)(F)F)nc3c2)cc1. The number of hydrogen-bond acceptors (Lipinski definition) is 6. The van der Waals surface area contributed by atoms with Gasteiger partial charge in [-0.25, -0.2) is 9.78 Å². The molecule has 2 fully saturated rings. The number of likely N-dealkylation sites (tertiary alicyclic amines) is 1. The van der Waals surface area contributed by atoms with Crippen LogP contribution in [0.5, 0.6) is 0 Å². The van der Waals surface area contributed by atoms with Crippen molar-refractivity contribution in [3.63, 3.8) is 0 Å². The molecule has 2 heterocycles. The van der Waals surface area contributed by atoms with E-state index in [0.29, 0.717) is 36.8 Å². The number of alkyl halides is 5. The second-order valence-corrected chi connectivity index (χ2v) is 15.3. The van der Waals surface area contributed by atoms with Crippen molar-refractivity contribution in [2.75, 3.05) is 32.0 Å². The number of H-pyrrole nitrogens is 1. The molecule has 310 valence electrons. The van der Waals surface area contributed by atoms with Crippen LogP contribution >= 0.6 is 0 Å². The largest absolute Gasteiger partial charge is 0.465 e. The first-order chi connectivity index (χ1) is 27.5. The number of benzene rings is 3. The third-order valence-corrected chi connectivity index (χ3v) is 11.0. The summed E-state index contributed by atoms with van der Waals surface area (Å²) in [5.41, 5.74) is 3.66. The lowest BCUT2D eigenvalue weighted by molar-refractivity contribution is -0.292. The molecular weight excluding hydrogens is 765 g/mol. The average molecular weight is 812 g/mol. The number of carbonyl (C=O) groups excluding carboxylic acids is 3. The van der Waals surface area contributed by atoms with Gasteiger partial charge in [-0.2, -0.15) is 22.0 Å². The van der Waals surface area contributed by atoms with E-state index in [2.05, 4.69) is 38.2 Å². The van der Waals surface area contributed by atoms with Crippen LogP contribution in [0.2, 0.25) is 0 Å². The second kappa shape index (κ2) is 17.5. The summed E-state index contributed by atoms with van der Waals surface area (Å²) in [5, 5.41) is 20.0. The maximum Gasteiger partial charge on any atom is 0.461 e. The number of nitrogens with zero attached hydrogens (tertiary/aromatic N) is 2. The Bertz CT molecular complexity index is 2130. The summed E-state index contributed by atoms with van der Waals surface area (Å²) in [6.45, 7) is 4.06. The molecule has 3 aromatic carbocycles. The van der Waals surface area contributed by atoms with Crippen LogP contribution in [-0.4, -0.2) is 88.7 Å². The van der Waals surface area contributed by atoms with Gasteiger partial charge in [0.15, 0.2) is 5.82 Å². The van der Waals surface area contributed by atoms with Gasteiger partial charge >= 0.3 is 18.2 Å². The minimum atomic E-state index is -5.87. The van der Waals surface area contributed by atoms with Crippen molar-refractivity contribution >= 4 is 40.5 Å². The molecule has 12 nitrogen and oxygen atoms in total. The molecule has 2 aliphatic rings. The van der Waals surface area contributed by atoms with Gasteiger partial charge in [0.2, 0.25) is 11.8 Å². The predicted octanol–water partition coefficient (Wildman–Crippen LogP) is 6.76. The van der Waals surface area contributed by atoms with Crippen molar-refractivity contribution in [1.29, 1.82) is 0 Å². The molecule has 1 aliphatic carbocycles. The Morgan fingerprint density at radius 3 is 2.24 bits per heavy atom. The molecular formula is C41H46F5N7O5. The van der Waals surface area contributed by atoms with E-state index < -0.39 is 41.9 Å². The Labute approximate surface area is 331 Å². The summed E-state index contributed by atoms with van der Waals surface area (Å²) in [6.07, 6.45) is -2.96. The minimum Gasteiger partial charge on any atom is -0.465 e. The highest BCUT2D eigenvalue weighted by Gasteiger charge is 2.61. The summed E-state index contributed by atoms with van der Waals surface area (Å²) >= 11 is 0. The number of imidazole rings is 1. The van der Waals surface area contributed by atoms with Crippen LogP contribution in [0.4, 0.5) is 32.4 Å². The number of amides is 4. The third-order valence-electron chi connectivity index (χ3n) is 11.0. The van der Waals surface area contributed by atoms with Crippen molar-refractivity contribution in [3.05, 3.63) is 83.2 Å². The van der Waals surface area contributed by atoms with E-state index in [9.17, 15) is 41.1 Å². The smallest absolute Gasteiger partial charge is 0.461 e. The van der Waals surface area contributed by atoms with Gasteiger partial charge in [-0.15, -0.1) is 0 Å². The van der Waals surface area contributed by atoms with Gasteiger partial charge in [0.05, 0.1) is 11.0 Å². The van der Waals surface area contributed by atoms with Gasteiger partial charge in [-0.05, 0) is 124 Å². The zero-order valence-electron chi connectivity index (χ0n) is 32.0. The maximum absolute atomic E-state index is 14.0. The maximum atomic E-state index is 14.0. The molecule has 1 saturated carbocycles. The normalized spacial score (nSPS) is 18.7. The molecule has 0 radical (unpaired) electrons. The van der Waals surface area contributed by atoms with E-state index >= 15 is 0 Å². The summed E-state index contributed by atoms with van der Waals surface area (Å²) in [4.78, 5) is 59.0. The number of aryl methyl sites for hydroxylation is 1. The molecule has 0 unspecified atom stereocenters. The van der Waals surface area contributed by atoms with E-state index in [-0.39, 0.29) is 53.5 Å². The average Bonchev–Trinajstić information content (AvgIpc) is 3.62. The lowest BCUT2D eigenvalue weighted by atomic mass is 9.81.